The van der Waals surface area contributed by atoms with Crippen LogP contribution in [0.3, 0.4) is 0 Å². The Balaban J connectivity index is 2.06. The quantitative estimate of drug-likeness (QED) is 0.730. The average Bonchev–Trinajstić information content (AvgIpc) is 2.84. The summed E-state index contributed by atoms with van der Waals surface area (Å²) in [5.41, 5.74) is 1.13. The number of aromatic nitrogens is 5. The topological polar surface area (TPSA) is 85.4 Å². The van der Waals surface area contributed by atoms with Gasteiger partial charge in [-0.15, -0.1) is 5.10 Å². The van der Waals surface area contributed by atoms with Crippen LogP contribution in [0.5, 0.6) is 17.4 Å². The van der Waals surface area contributed by atoms with Gasteiger partial charge in [-0.1, -0.05) is 6.07 Å². The number of phenols is 1. The average molecular weight is 243 g/mol. The van der Waals surface area contributed by atoms with Crippen molar-refractivity contribution in [2.24, 2.45) is 0 Å². The van der Waals surface area contributed by atoms with Crippen molar-refractivity contribution in [2.75, 3.05) is 0 Å². The molecule has 7 nitrogen and oxygen atoms in total. The Kier molecular flexibility index (Phi) is 2.30. The normalized spacial score (nSPS) is 10.7. The molecule has 7 heteroatoms. The molecule has 0 aliphatic carbocycles. The fraction of sp³-hybridized carbons (Fsp3) is 0.0909. The van der Waals surface area contributed by atoms with Crippen molar-refractivity contribution in [3.05, 3.63) is 36.2 Å². The summed E-state index contributed by atoms with van der Waals surface area (Å²) >= 11 is 0. The van der Waals surface area contributed by atoms with Crippen molar-refractivity contribution < 1.29 is 9.84 Å². The van der Waals surface area contributed by atoms with Crippen LogP contribution >= 0.6 is 0 Å². The first kappa shape index (κ1) is 10.5. The zero-order chi connectivity index (χ0) is 12.5. The van der Waals surface area contributed by atoms with Crippen molar-refractivity contribution in [3.63, 3.8) is 0 Å². The van der Waals surface area contributed by atoms with Gasteiger partial charge in [-0.3, -0.25) is 4.98 Å². The van der Waals surface area contributed by atoms with Crippen LogP contribution < -0.4 is 4.74 Å². The van der Waals surface area contributed by atoms with E-state index in [0.717, 1.165) is 0 Å². The maximum atomic E-state index is 9.61. The van der Waals surface area contributed by atoms with Gasteiger partial charge in [-0.05, 0) is 29.5 Å². The van der Waals surface area contributed by atoms with Crippen LogP contribution in [0.25, 0.3) is 5.65 Å². The summed E-state index contributed by atoms with van der Waals surface area (Å²) in [7, 11) is 0. The van der Waals surface area contributed by atoms with Gasteiger partial charge in [0.1, 0.15) is 11.5 Å². The monoisotopic (exact) mass is 243 g/mol. The number of ether oxygens (including phenoxy) is 1. The maximum absolute atomic E-state index is 9.61. The molecule has 0 unspecified atom stereocenters. The maximum Gasteiger partial charge on any atom is 0.242 e. The Morgan fingerprint density at radius 2 is 2.17 bits per heavy atom. The van der Waals surface area contributed by atoms with Gasteiger partial charge in [0.2, 0.25) is 11.5 Å². The second kappa shape index (κ2) is 3.95. The van der Waals surface area contributed by atoms with E-state index < -0.39 is 0 Å². The minimum atomic E-state index is 0.171. The lowest BCUT2D eigenvalue weighted by Crippen LogP contribution is -1.97. The van der Waals surface area contributed by atoms with Crippen molar-refractivity contribution in [2.45, 2.75) is 6.92 Å². The molecule has 0 amide bonds. The smallest absolute Gasteiger partial charge is 0.242 e. The van der Waals surface area contributed by atoms with E-state index in [1.54, 1.807) is 25.1 Å². The van der Waals surface area contributed by atoms with Crippen molar-refractivity contribution >= 4 is 5.65 Å². The standard InChI is InChI=1S/C11H9N5O2/c1-7-8(17)3-2-4-9(7)18-11-6-12-5-10-13-14-15-16(10)11/h2-6,17H,1H3. The van der Waals surface area contributed by atoms with Gasteiger partial charge < -0.3 is 9.84 Å². The van der Waals surface area contributed by atoms with Crippen LogP contribution in [-0.4, -0.2) is 30.1 Å². The molecule has 3 rings (SSSR count). The predicted molar refractivity (Wildman–Crippen MR) is 61.5 cm³/mol. The third-order valence-corrected chi connectivity index (χ3v) is 2.55. The third kappa shape index (κ3) is 1.61. The number of tetrazole rings is 1. The van der Waals surface area contributed by atoms with Crippen LogP contribution in [0.4, 0.5) is 0 Å². The summed E-state index contributed by atoms with van der Waals surface area (Å²) in [5.74, 6) is 1.08. The number of benzene rings is 1. The van der Waals surface area contributed by atoms with Crippen LogP contribution in [0.2, 0.25) is 0 Å². The molecule has 0 spiro atoms. The number of phenolic OH excluding ortho intramolecular Hbond substituents is 1. The van der Waals surface area contributed by atoms with E-state index in [4.69, 9.17) is 4.74 Å². The van der Waals surface area contributed by atoms with Crippen molar-refractivity contribution in [3.8, 4) is 17.4 Å². The first-order chi connectivity index (χ1) is 8.75. The molecule has 1 aromatic carbocycles. The summed E-state index contributed by atoms with van der Waals surface area (Å²) in [6, 6.07) is 5.04. The number of hydrogen-bond donors (Lipinski definition) is 1. The molecule has 2 heterocycles. The van der Waals surface area contributed by atoms with Crippen molar-refractivity contribution in [1.82, 2.24) is 25.0 Å². The summed E-state index contributed by atoms with van der Waals surface area (Å²) in [5, 5.41) is 20.7. The van der Waals surface area contributed by atoms with Crippen LogP contribution in [0.1, 0.15) is 5.56 Å². The fourth-order valence-electron chi connectivity index (χ4n) is 1.55. The molecule has 3 aromatic rings. The Morgan fingerprint density at radius 1 is 1.28 bits per heavy atom. The molecule has 0 saturated heterocycles. The van der Waals surface area contributed by atoms with Gasteiger partial charge in [-0.2, -0.15) is 4.52 Å². The van der Waals surface area contributed by atoms with Gasteiger partial charge in [0.05, 0.1) is 12.4 Å². The van der Waals surface area contributed by atoms with Gasteiger partial charge in [0.25, 0.3) is 0 Å². The van der Waals surface area contributed by atoms with E-state index in [2.05, 4.69) is 20.5 Å². The fourth-order valence-corrected chi connectivity index (χ4v) is 1.55. The SMILES string of the molecule is Cc1c(O)cccc1Oc1cncc2nnnn12. The van der Waals surface area contributed by atoms with E-state index >= 15 is 0 Å². The Labute approximate surface area is 102 Å². The Morgan fingerprint density at radius 3 is 3.06 bits per heavy atom. The molecular formula is C11H9N5O2. The largest absolute Gasteiger partial charge is 0.508 e. The molecule has 0 bridgehead atoms. The Bertz CT molecular complexity index is 709. The number of nitrogens with zero attached hydrogens (tertiary/aromatic N) is 5. The Hall–Kier alpha value is -2.70. The summed E-state index contributed by atoms with van der Waals surface area (Å²) < 4.78 is 7.09. The molecule has 0 atom stereocenters. The zero-order valence-electron chi connectivity index (χ0n) is 9.48. The number of aromatic hydroxyl groups is 1. The minimum absolute atomic E-state index is 0.171. The van der Waals surface area contributed by atoms with E-state index in [1.807, 2.05) is 0 Å². The molecule has 90 valence electrons. The predicted octanol–water partition coefficient (Wildman–Crippen LogP) is 1.33. The van der Waals surface area contributed by atoms with Crippen LogP contribution in [0.15, 0.2) is 30.6 Å². The van der Waals surface area contributed by atoms with Gasteiger partial charge in [0.15, 0.2) is 0 Å². The highest BCUT2D eigenvalue weighted by Gasteiger charge is 2.09. The third-order valence-electron chi connectivity index (χ3n) is 2.55. The molecular weight excluding hydrogens is 234 g/mol. The summed E-state index contributed by atoms with van der Waals surface area (Å²) in [4.78, 5) is 3.98. The van der Waals surface area contributed by atoms with Gasteiger partial charge in [-0.25, -0.2) is 0 Å². The number of hydrogen-bond acceptors (Lipinski definition) is 6. The highest BCUT2D eigenvalue weighted by Crippen LogP contribution is 2.29. The second-order valence-electron chi connectivity index (χ2n) is 3.70. The highest BCUT2D eigenvalue weighted by molar-refractivity contribution is 5.44. The molecule has 18 heavy (non-hydrogen) atoms. The van der Waals surface area contributed by atoms with Gasteiger partial charge in [0, 0.05) is 5.56 Å². The molecule has 0 aliphatic heterocycles. The lowest BCUT2D eigenvalue weighted by Gasteiger charge is -2.09. The van der Waals surface area contributed by atoms with Crippen LogP contribution in [-0.2, 0) is 0 Å². The van der Waals surface area contributed by atoms with E-state index in [-0.39, 0.29) is 5.75 Å². The lowest BCUT2D eigenvalue weighted by molar-refractivity contribution is 0.426. The number of rotatable bonds is 2. The minimum Gasteiger partial charge on any atom is -0.508 e. The van der Waals surface area contributed by atoms with Crippen LogP contribution in [0, 0.1) is 6.92 Å². The number of fused-ring (bicyclic) bond motifs is 1. The summed E-state index contributed by atoms with van der Waals surface area (Å²) in [6.45, 7) is 1.76. The molecule has 0 fully saturated rings. The zero-order valence-corrected chi connectivity index (χ0v) is 9.48. The van der Waals surface area contributed by atoms with E-state index in [0.29, 0.717) is 22.8 Å². The molecule has 0 radical (unpaired) electrons. The lowest BCUT2D eigenvalue weighted by atomic mass is 10.2. The van der Waals surface area contributed by atoms with Gasteiger partial charge >= 0.3 is 0 Å². The second-order valence-corrected chi connectivity index (χ2v) is 3.70. The first-order valence-electron chi connectivity index (χ1n) is 5.24. The van der Waals surface area contributed by atoms with E-state index in [9.17, 15) is 5.11 Å². The summed E-state index contributed by atoms with van der Waals surface area (Å²) in [6.07, 6.45) is 3.04. The molecule has 2 aromatic heterocycles. The molecule has 1 N–H and O–H groups in total. The molecule has 0 aliphatic rings. The van der Waals surface area contributed by atoms with E-state index in [1.165, 1.54) is 16.9 Å². The first-order valence-corrected chi connectivity index (χ1v) is 5.24. The molecule has 0 saturated carbocycles. The van der Waals surface area contributed by atoms with Crippen molar-refractivity contribution in [1.29, 1.82) is 0 Å². The highest BCUT2D eigenvalue weighted by atomic mass is 16.5.